The van der Waals surface area contributed by atoms with Gasteiger partial charge in [0.05, 0.1) is 11.1 Å². The van der Waals surface area contributed by atoms with E-state index >= 15 is 0 Å². The lowest BCUT2D eigenvalue weighted by atomic mass is 10.0. The topological polar surface area (TPSA) is 80.6 Å². The van der Waals surface area contributed by atoms with Gasteiger partial charge < -0.3 is 15.2 Å². The highest BCUT2D eigenvalue weighted by molar-refractivity contribution is 6.14. The standard InChI is InChI=1S/C26H29F3N2O4/c1-2-3-4-5-6-7-8-13-22(32)23-20-11-9-10-12-21(20)31(24(23)33)25(34)30-18-14-16-19(17-15-18)35-26(27,28)29/h9-12,14-17,33H,2-8,13H2,1H3,(H,30,34). The Morgan fingerprint density at radius 2 is 1.57 bits per heavy atom. The lowest BCUT2D eigenvalue weighted by Gasteiger charge is -2.11. The fraction of sp³-hybridized carbons (Fsp3) is 0.385. The van der Waals surface area contributed by atoms with Gasteiger partial charge in [0.1, 0.15) is 5.75 Å². The van der Waals surface area contributed by atoms with Gasteiger partial charge in [-0.3, -0.25) is 4.79 Å². The molecule has 3 rings (SSSR count). The quantitative estimate of drug-likeness (QED) is 0.214. The molecular formula is C26H29F3N2O4. The molecule has 0 bridgehead atoms. The maximum atomic E-state index is 13.0. The summed E-state index contributed by atoms with van der Waals surface area (Å²) >= 11 is 0. The van der Waals surface area contributed by atoms with E-state index in [-0.39, 0.29) is 23.5 Å². The van der Waals surface area contributed by atoms with Crippen LogP contribution < -0.4 is 10.1 Å². The number of anilines is 1. The SMILES string of the molecule is CCCCCCCCCC(=O)c1c(O)n(C(=O)Nc2ccc(OC(F)(F)F)cc2)c2ccccc12. The van der Waals surface area contributed by atoms with E-state index in [4.69, 9.17) is 0 Å². The van der Waals surface area contributed by atoms with Crippen LogP contribution in [0.5, 0.6) is 11.6 Å². The van der Waals surface area contributed by atoms with Gasteiger partial charge in [0.15, 0.2) is 5.78 Å². The fourth-order valence-corrected chi connectivity index (χ4v) is 3.99. The van der Waals surface area contributed by atoms with Gasteiger partial charge in [-0.15, -0.1) is 13.2 Å². The van der Waals surface area contributed by atoms with Gasteiger partial charge in [-0.1, -0.05) is 63.6 Å². The van der Waals surface area contributed by atoms with E-state index in [9.17, 15) is 27.9 Å². The van der Waals surface area contributed by atoms with Gasteiger partial charge in [-0.05, 0) is 36.8 Å². The summed E-state index contributed by atoms with van der Waals surface area (Å²) < 4.78 is 41.8. The average molecular weight is 491 g/mol. The largest absolute Gasteiger partial charge is 0.573 e. The van der Waals surface area contributed by atoms with Crippen LogP contribution in [0, 0.1) is 0 Å². The minimum atomic E-state index is -4.82. The van der Waals surface area contributed by atoms with E-state index in [0.717, 1.165) is 36.0 Å². The van der Waals surface area contributed by atoms with Crippen molar-refractivity contribution in [3.63, 3.8) is 0 Å². The Kier molecular flexibility index (Phi) is 8.78. The second-order valence-corrected chi connectivity index (χ2v) is 8.35. The first-order chi connectivity index (χ1) is 16.7. The van der Waals surface area contributed by atoms with Crippen LogP contribution in [0.15, 0.2) is 48.5 Å². The molecule has 0 fully saturated rings. The van der Waals surface area contributed by atoms with E-state index in [1.54, 1.807) is 24.3 Å². The number of aromatic nitrogens is 1. The van der Waals surface area contributed by atoms with Crippen molar-refractivity contribution in [2.75, 3.05) is 5.32 Å². The normalized spacial score (nSPS) is 11.5. The van der Waals surface area contributed by atoms with Crippen LogP contribution in [0.2, 0.25) is 0 Å². The first-order valence-corrected chi connectivity index (χ1v) is 11.7. The summed E-state index contributed by atoms with van der Waals surface area (Å²) in [7, 11) is 0. The van der Waals surface area contributed by atoms with E-state index in [1.165, 1.54) is 31.4 Å². The van der Waals surface area contributed by atoms with Crippen molar-refractivity contribution in [1.82, 2.24) is 4.57 Å². The second-order valence-electron chi connectivity index (χ2n) is 8.35. The zero-order valence-corrected chi connectivity index (χ0v) is 19.5. The first kappa shape index (κ1) is 26.1. The number of halogens is 3. The first-order valence-electron chi connectivity index (χ1n) is 11.7. The number of ketones is 1. The van der Waals surface area contributed by atoms with Gasteiger partial charge in [0.2, 0.25) is 5.88 Å². The summed E-state index contributed by atoms with van der Waals surface area (Å²) in [5.41, 5.74) is 0.635. The molecule has 0 aliphatic carbocycles. The summed E-state index contributed by atoms with van der Waals surface area (Å²) in [6, 6.07) is 10.5. The third-order valence-electron chi connectivity index (χ3n) is 5.68. The lowest BCUT2D eigenvalue weighted by Crippen LogP contribution is -2.19. The number of amides is 1. The summed E-state index contributed by atoms with van der Waals surface area (Å²) in [6.45, 7) is 2.16. The highest BCUT2D eigenvalue weighted by atomic mass is 19.4. The molecular weight excluding hydrogens is 461 g/mol. The molecule has 0 spiro atoms. The molecule has 188 valence electrons. The van der Waals surface area contributed by atoms with Crippen molar-refractivity contribution < 1.29 is 32.6 Å². The molecule has 1 amide bonds. The summed E-state index contributed by atoms with van der Waals surface area (Å²) in [4.78, 5) is 25.9. The van der Waals surface area contributed by atoms with Crippen LogP contribution in [-0.2, 0) is 0 Å². The molecule has 0 saturated carbocycles. The summed E-state index contributed by atoms with van der Waals surface area (Å²) in [5, 5.41) is 13.8. The number of hydrogen-bond donors (Lipinski definition) is 2. The van der Waals surface area contributed by atoms with Crippen LogP contribution in [0.1, 0.15) is 68.6 Å². The minimum Gasteiger partial charge on any atom is -0.494 e. The number of ether oxygens (including phenoxy) is 1. The van der Waals surface area contributed by atoms with Crippen molar-refractivity contribution in [3.05, 3.63) is 54.1 Å². The molecule has 35 heavy (non-hydrogen) atoms. The predicted molar refractivity (Wildman–Crippen MR) is 128 cm³/mol. The minimum absolute atomic E-state index is 0.0932. The van der Waals surface area contributed by atoms with Crippen LogP contribution in [0.25, 0.3) is 10.9 Å². The Labute approximate surface area is 201 Å². The van der Waals surface area contributed by atoms with Gasteiger partial charge in [0, 0.05) is 17.5 Å². The maximum Gasteiger partial charge on any atom is 0.573 e. The second kappa shape index (κ2) is 11.8. The molecule has 2 N–H and O–H groups in total. The zero-order valence-electron chi connectivity index (χ0n) is 19.5. The molecule has 0 aliphatic heterocycles. The lowest BCUT2D eigenvalue weighted by molar-refractivity contribution is -0.274. The number of unbranched alkanes of at least 4 members (excludes halogenated alkanes) is 6. The van der Waals surface area contributed by atoms with Crippen molar-refractivity contribution in [2.24, 2.45) is 0 Å². The third kappa shape index (κ3) is 7.00. The Bertz CT molecular complexity index is 1150. The van der Waals surface area contributed by atoms with Crippen molar-refractivity contribution in [1.29, 1.82) is 0 Å². The highest BCUT2D eigenvalue weighted by Crippen LogP contribution is 2.33. The number of nitrogens with zero attached hydrogens (tertiary/aromatic N) is 1. The Morgan fingerprint density at radius 3 is 2.23 bits per heavy atom. The smallest absolute Gasteiger partial charge is 0.494 e. The number of benzene rings is 2. The van der Waals surface area contributed by atoms with E-state index in [0.29, 0.717) is 17.3 Å². The molecule has 1 aromatic heterocycles. The van der Waals surface area contributed by atoms with Crippen LogP contribution in [0.4, 0.5) is 23.7 Å². The van der Waals surface area contributed by atoms with Crippen LogP contribution in [0.3, 0.4) is 0 Å². The fourth-order valence-electron chi connectivity index (χ4n) is 3.99. The summed E-state index contributed by atoms with van der Waals surface area (Å²) in [5.74, 6) is -1.14. The van der Waals surface area contributed by atoms with E-state index in [2.05, 4.69) is 17.0 Å². The molecule has 0 unspecified atom stereocenters. The van der Waals surface area contributed by atoms with E-state index in [1.807, 2.05) is 0 Å². The number of hydrogen-bond acceptors (Lipinski definition) is 4. The van der Waals surface area contributed by atoms with Crippen LogP contribution >= 0.6 is 0 Å². The van der Waals surface area contributed by atoms with Gasteiger partial charge in [0.25, 0.3) is 0 Å². The molecule has 9 heteroatoms. The van der Waals surface area contributed by atoms with Gasteiger partial charge in [-0.2, -0.15) is 0 Å². The van der Waals surface area contributed by atoms with E-state index < -0.39 is 24.0 Å². The monoisotopic (exact) mass is 490 g/mol. The molecule has 0 atom stereocenters. The number of nitrogens with one attached hydrogen (secondary N) is 1. The molecule has 0 saturated heterocycles. The highest BCUT2D eigenvalue weighted by Gasteiger charge is 2.31. The number of rotatable bonds is 11. The number of carbonyl (C=O) groups is 2. The van der Waals surface area contributed by atoms with Crippen molar-refractivity contribution >= 4 is 28.4 Å². The molecule has 3 aromatic rings. The maximum absolute atomic E-state index is 13.0. The van der Waals surface area contributed by atoms with Gasteiger partial charge in [-0.25, -0.2) is 9.36 Å². The molecule has 0 aliphatic rings. The Morgan fingerprint density at radius 1 is 0.943 bits per heavy atom. The number of para-hydroxylation sites is 1. The molecule has 0 radical (unpaired) electrons. The number of aromatic hydroxyl groups is 1. The average Bonchev–Trinajstić information content (AvgIpc) is 3.10. The molecule has 2 aromatic carbocycles. The Balaban J connectivity index is 1.73. The third-order valence-corrected chi connectivity index (χ3v) is 5.68. The number of Topliss-reactive ketones (excluding diaryl/α,β-unsaturated/α-hetero) is 1. The molecule has 6 nitrogen and oxygen atoms in total. The van der Waals surface area contributed by atoms with Crippen molar-refractivity contribution in [3.8, 4) is 11.6 Å². The zero-order chi connectivity index (χ0) is 25.4. The number of carbonyl (C=O) groups excluding carboxylic acids is 2. The number of alkyl halides is 3. The number of fused-ring (bicyclic) bond motifs is 1. The van der Waals surface area contributed by atoms with Crippen LogP contribution in [-0.4, -0.2) is 27.9 Å². The Hall–Kier alpha value is -3.49. The van der Waals surface area contributed by atoms with Crippen molar-refractivity contribution in [2.45, 2.75) is 64.7 Å². The molecule has 1 heterocycles. The van der Waals surface area contributed by atoms with Gasteiger partial charge >= 0.3 is 12.4 Å². The predicted octanol–water partition coefficient (Wildman–Crippen LogP) is 7.65. The summed E-state index contributed by atoms with van der Waals surface area (Å²) in [6.07, 6.45) is 2.81.